The highest BCUT2D eigenvalue weighted by molar-refractivity contribution is 6.34. The molecule has 0 radical (unpaired) electrons. The number of aliphatic hydroxyl groups is 1. The number of non-ortho nitro benzene ring substituents is 1. The van der Waals surface area contributed by atoms with Crippen LogP contribution < -0.4 is 4.74 Å². The van der Waals surface area contributed by atoms with Gasteiger partial charge in [0.25, 0.3) is 5.69 Å². The van der Waals surface area contributed by atoms with E-state index in [1.165, 1.54) is 80.0 Å². The predicted molar refractivity (Wildman–Crippen MR) is 219 cm³/mol. The number of carbonyl (C=O) groups excluding carboxylic acids is 3. The summed E-state index contributed by atoms with van der Waals surface area (Å²) in [6, 6.07) is 16.5. The maximum atomic E-state index is 13.8. The van der Waals surface area contributed by atoms with Crippen LogP contribution in [0.5, 0.6) is 5.75 Å². The molecule has 12 nitrogen and oxygen atoms in total. The summed E-state index contributed by atoms with van der Waals surface area (Å²) in [6.45, 7) is 3.46. The van der Waals surface area contributed by atoms with Crippen LogP contribution in [-0.4, -0.2) is 59.1 Å². The van der Waals surface area contributed by atoms with Crippen LogP contribution in [0.1, 0.15) is 73.8 Å². The molecule has 6 aliphatic rings. The van der Waals surface area contributed by atoms with E-state index in [1.54, 1.807) is 20.1 Å². The minimum atomic E-state index is -0.913. The van der Waals surface area contributed by atoms with Gasteiger partial charge in [-0.25, -0.2) is 9.59 Å². The normalized spacial score (nSPS) is 25.8. The Hall–Kier alpha value is -5.46. The molecule has 4 bridgehead atoms. The molecule has 59 heavy (non-hydrogen) atoms. The van der Waals surface area contributed by atoms with Crippen molar-refractivity contribution < 1.29 is 43.4 Å². The van der Waals surface area contributed by atoms with Crippen LogP contribution in [0.4, 0.5) is 5.69 Å². The number of esters is 2. The van der Waals surface area contributed by atoms with Gasteiger partial charge in [0.2, 0.25) is 5.91 Å². The van der Waals surface area contributed by atoms with Gasteiger partial charge in [0.05, 0.1) is 42.2 Å². The Labute approximate surface area is 347 Å². The van der Waals surface area contributed by atoms with Crippen molar-refractivity contribution in [2.75, 3.05) is 14.2 Å². The Balaban J connectivity index is 1.07. The number of carbonyl (C=O) groups is 3. The number of nitro benzene ring substituents is 1. The molecule has 308 valence electrons. The molecule has 2 aliphatic heterocycles. The highest BCUT2D eigenvalue weighted by atomic mass is 35.5. The zero-order valence-corrected chi connectivity index (χ0v) is 34.1. The van der Waals surface area contributed by atoms with E-state index in [1.807, 2.05) is 43.3 Å². The number of aliphatic hydroxyl groups excluding tert-OH is 1. The molecule has 3 aromatic carbocycles. The van der Waals surface area contributed by atoms with Crippen molar-refractivity contribution in [3.05, 3.63) is 121 Å². The van der Waals surface area contributed by atoms with Crippen LogP contribution in [0.2, 0.25) is 5.02 Å². The molecule has 2 heterocycles. The molecule has 0 spiro atoms. The SMILES string of the molecule is COC(=O)/C=C/c1ccc(C(OC)=C2C3CC4CC(C3)CC2C4)c(Cl)c1OCc1ccc(C2=C(C(=O)OCc3ccc([N+](=O)[O-])cc3)N3C(=O)[C@H]([C@@H](C)O)[C@H]3[C@H]2C)cc1. The molecule has 13 heteroatoms. The Morgan fingerprint density at radius 3 is 2.15 bits per heavy atom. The summed E-state index contributed by atoms with van der Waals surface area (Å²) in [5.74, 6) is 1.17. The minimum absolute atomic E-state index is 0.0837. The van der Waals surface area contributed by atoms with Gasteiger partial charge in [-0.15, -0.1) is 0 Å². The number of amides is 1. The summed E-state index contributed by atoms with van der Waals surface area (Å²) >= 11 is 7.24. The maximum Gasteiger partial charge on any atom is 0.355 e. The molecule has 4 saturated carbocycles. The summed E-state index contributed by atoms with van der Waals surface area (Å²) in [5.41, 5.74) is 5.39. The number of ether oxygens (including phenoxy) is 4. The molecule has 1 N–H and O–H groups in total. The monoisotopic (exact) mass is 822 g/mol. The fourth-order valence-corrected chi connectivity index (χ4v) is 10.8. The van der Waals surface area contributed by atoms with E-state index in [-0.39, 0.29) is 36.4 Å². The van der Waals surface area contributed by atoms with E-state index < -0.39 is 34.9 Å². The Bertz CT molecular complexity index is 2250. The molecular formula is C46H47ClN2O10. The highest BCUT2D eigenvalue weighted by Gasteiger charge is 2.60. The smallest absolute Gasteiger partial charge is 0.355 e. The van der Waals surface area contributed by atoms with Gasteiger partial charge >= 0.3 is 11.9 Å². The van der Waals surface area contributed by atoms with E-state index in [0.29, 0.717) is 44.9 Å². The first-order valence-electron chi connectivity index (χ1n) is 20.1. The molecule has 0 unspecified atom stereocenters. The van der Waals surface area contributed by atoms with Crippen molar-refractivity contribution in [1.29, 1.82) is 0 Å². The Kier molecular flexibility index (Phi) is 11.1. The highest BCUT2D eigenvalue weighted by Crippen LogP contribution is 2.58. The third kappa shape index (κ3) is 7.41. The first kappa shape index (κ1) is 40.3. The minimum Gasteiger partial charge on any atom is -0.496 e. The zero-order valence-electron chi connectivity index (χ0n) is 33.4. The summed E-state index contributed by atoms with van der Waals surface area (Å²) in [6.07, 6.45) is 8.09. The van der Waals surface area contributed by atoms with Gasteiger partial charge in [-0.05, 0) is 115 Å². The van der Waals surface area contributed by atoms with Crippen molar-refractivity contribution in [2.45, 2.75) is 71.3 Å². The van der Waals surface area contributed by atoms with Gasteiger partial charge in [0.1, 0.15) is 30.4 Å². The lowest BCUT2D eigenvalue weighted by molar-refractivity contribution is -0.384. The van der Waals surface area contributed by atoms with Crippen LogP contribution in [0.3, 0.4) is 0 Å². The number of methoxy groups -OCH3 is 2. The number of rotatable bonds is 13. The van der Waals surface area contributed by atoms with Crippen molar-refractivity contribution >= 4 is 52.5 Å². The number of hydrogen-bond donors (Lipinski definition) is 1. The molecule has 9 rings (SSSR count). The third-order valence-electron chi connectivity index (χ3n) is 13.0. The molecule has 5 fully saturated rings. The van der Waals surface area contributed by atoms with Gasteiger partial charge in [0, 0.05) is 35.3 Å². The number of nitro groups is 1. The summed E-state index contributed by atoms with van der Waals surface area (Å²) in [5, 5.41) is 22.0. The van der Waals surface area contributed by atoms with E-state index in [9.17, 15) is 29.6 Å². The second-order valence-electron chi connectivity index (χ2n) is 16.5. The predicted octanol–water partition coefficient (Wildman–Crippen LogP) is 8.14. The molecule has 1 amide bonds. The average Bonchev–Trinajstić information content (AvgIpc) is 3.47. The van der Waals surface area contributed by atoms with Gasteiger partial charge in [0.15, 0.2) is 0 Å². The van der Waals surface area contributed by atoms with Crippen LogP contribution in [0.25, 0.3) is 17.4 Å². The molecular weight excluding hydrogens is 776 g/mol. The lowest BCUT2D eigenvalue weighted by Gasteiger charge is -2.51. The fraction of sp³-hybridized carbons (Fsp3) is 0.413. The fourth-order valence-electron chi connectivity index (χ4n) is 10.5. The number of hydrogen-bond acceptors (Lipinski definition) is 10. The molecule has 4 aliphatic carbocycles. The second kappa shape index (κ2) is 16.3. The zero-order chi connectivity index (χ0) is 41.7. The number of fused-ring (bicyclic) bond motifs is 1. The van der Waals surface area contributed by atoms with E-state index in [2.05, 4.69) is 0 Å². The van der Waals surface area contributed by atoms with E-state index >= 15 is 0 Å². The van der Waals surface area contributed by atoms with Crippen LogP contribution in [0.15, 0.2) is 78.0 Å². The summed E-state index contributed by atoms with van der Waals surface area (Å²) in [4.78, 5) is 51.3. The lowest BCUT2D eigenvalue weighted by Crippen LogP contribution is -2.63. The number of allylic oxidation sites excluding steroid dienone is 1. The van der Waals surface area contributed by atoms with Crippen molar-refractivity contribution in [2.24, 2.45) is 35.5 Å². The summed E-state index contributed by atoms with van der Waals surface area (Å²) in [7, 11) is 3.01. The van der Waals surface area contributed by atoms with Crippen LogP contribution in [0, 0.1) is 45.6 Å². The van der Waals surface area contributed by atoms with Crippen LogP contribution in [-0.2, 0) is 41.8 Å². The maximum absolute atomic E-state index is 13.8. The van der Waals surface area contributed by atoms with E-state index in [4.69, 9.17) is 30.5 Å². The quantitative estimate of drug-likeness (QED) is 0.0446. The second-order valence-corrected chi connectivity index (χ2v) is 16.9. The molecule has 1 saturated heterocycles. The van der Waals surface area contributed by atoms with Crippen molar-refractivity contribution in [1.82, 2.24) is 4.90 Å². The van der Waals surface area contributed by atoms with Gasteiger partial charge < -0.3 is 29.0 Å². The van der Waals surface area contributed by atoms with Gasteiger partial charge in [-0.3, -0.25) is 14.9 Å². The first-order valence-corrected chi connectivity index (χ1v) is 20.5. The molecule has 3 aromatic rings. The number of halogens is 1. The standard InChI is InChI=1S/C46H47ClN2O10/c1-24-37(42(48-41(24)38(25(2)50)45(48)52)46(53)59-23-27-7-13-34(14-8-27)49(54)55)30-9-5-26(6-10-30)22-58-43-31(12-16-36(51)56-3)11-15-35(40(43)47)44(57-4)39-32-18-28-17-29(20-32)21-33(39)19-28/h5-16,24-25,28-29,32-33,38,41,50H,17-23H2,1-4H3/b16-12+,44-39?/t24-,25+,28?,29?,32?,33?,38+,41+/m0/s1. The summed E-state index contributed by atoms with van der Waals surface area (Å²) < 4.78 is 23.2. The van der Waals surface area contributed by atoms with E-state index in [0.717, 1.165) is 28.7 Å². The third-order valence-corrected chi connectivity index (χ3v) is 13.4. The van der Waals surface area contributed by atoms with Crippen molar-refractivity contribution in [3.63, 3.8) is 0 Å². The number of benzene rings is 3. The molecule has 0 aromatic heterocycles. The van der Waals surface area contributed by atoms with Gasteiger partial charge in [-0.1, -0.05) is 48.9 Å². The largest absolute Gasteiger partial charge is 0.496 e. The first-order chi connectivity index (χ1) is 28.4. The lowest BCUT2D eigenvalue weighted by atomic mass is 9.54. The Morgan fingerprint density at radius 1 is 0.932 bits per heavy atom. The Morgan fingerprint density at radius 2 is 1.56 bits per heavy atom. The van der Waals surface area contributed by atoms with Crippen molar-refractivity contribution in [3.8, 4) is 5.75 Å². The van der Waals surface area contributed by atoms with Crippen LogP contribution >= 0.6 is 11.6 Å². The average molecular weight is 823 g/mol. The molecule has 4 atom stereocenters. The topological polar surface area (TPSA) is 155 Å². The number of β-lactam (4-membered cyclic amide) rings is 1. The van der Waals surface area contributed by atoms with Gasteiger partial charge in [-0.2, -0.15) is 0 Å². The number of nitrogens with zero attached hydrogens (tertiary/aromatic N) is 2.